The molecule has 0 aromatic heterocycles. The number of allylic oxidation sites excluding steroid dienone is 1. The standard InChI is InChI=1S/C19H23ClN2O6S/c1-4-6-12-15(18(25)27-5-2)16(22-19(29)21-12)11-7-10(20)8-13(26-3)17(11)28-9-14(23)24/h7-8,16H,4-6,9H2,1-3H3,(H,23,24)(H2,21,22,29)/t16-/m1/s1. The monoisotopic (exact) mass is 442 g/mol. The lowest BCUT2D eigenvalue weighted by Crippen LogP contribution is -2.46. The van der Waals surface area contributed by atoms with Crippen LogP contribution in [0, 0.1) is 0 Å². The van der Waals surface area contributed by atoms with Gasteiger partial charge in [-0.1, -0.05) is 24.9 Å². The number of carbonyl (C=O) groups is 2. The Morgan fingerprint density at radius 1 is 1.31 bits per heavy atom. The molecule has 2 rings (SSSR count). The molecule has 0 spiro atoms. The maximum atomic E-state index is 12.8. The summed E-state index contributed by atoms with van der Waals surface area (Å²) in [6, 6.07) is 2.32. The summed E-state index contributed by atoms with van der Waals surface area (Å²) in [4.78, 5) is 23.8. The first-order valence-electron chi connectivity index (χ1n) is 9.01. The second kappa shape index (κ2) is 10.3. The molecule has 1 aliphatic heterocycles. The molecular weight excluding hydrogens is 420 g/mol. The third kappa shape index (κ3) is 5.51. The molecule has 0 bridgehead atoms. The second-order valence-corrected chi connectivity index (χ2v) is 6.95. The smallest absolute Gasteiger partial charge is 0.341 e. The maximum absolute atomic E-state index is 12.8. The highest BCUT2D eigenvalue weighted by Crippen LogP contribution is 2.42. The Kier molecular flexibility index (Phi) is 8.10. The van der Waals surface area contributed by atoms with E-state index in [1.807, 2.05) is 6.92 Å². The molecule has 0 amide bonds. The molecule has 0 saturated heterocycles. The minimum absolute atomic E-state index is 0.152. The number of benzene rings is 1. The number of halogens is 1. The molecule has 1 aliphatic rings. The van der Waals surface area contributed by atoms with Gasteiger partial charge >= 0.3 is 11.9 Å². The van der Waals surface area contributed by atoms with Crippen molar-refractivity contribution in [2.45, 2.75) is 32.7 Å². The van der Waals surface area contributed by atoms with Crippen LogP contribution in [0.5, 0.6) is 11.5 Å². The summed E-state index contributed by atoms with van der Waals surface area (Å²) in [7, 11) is 1.41. The Balaban J connectivity index is 2.68. The van der Waals surface area contributed by atoms with Crippen LogP contribution in [0.15, 0.2) is 23.4 Å². The average Bonchev–Trinajstić information content (AvgIpc) is 2.66. The minimum atomic E-state index is -1.16. The molecule has 8 nitrogen and oxygen atoms in total. The van der Waals surface area contributed by atoms with Crippen molar-refractivity contribution in [3.63, 3.8) is 0 Å². The zero-order valence-corrected chi connectivity index (χ0v) is 17.9. The van der Waals surface area contributed by atoms with E-state index in [4.69, 9.17) is 43.1 Å². The molecule has 0 radical (unpaired) electrons. The first-order valence-corrected chi connectivity index (χ1v) is 9.80. The fraction of sp³-hybridized carbons (Fsp3) is 0.421. The van der Waals surface area contributed by atoms with E-state index in [0.29, 0.717) is 33.4 Å². The van der Waals surface area contributed by atoms with Gasteiger partial charge in [-0.25, -0.2) is 9.59 Å². The van der Waals surface area contributed by atoms with Crippen LogP contribution >= 0.6 is 23.8 Å². The zero-order chi connectivity index (χ0) is 21.6. The normalized spacial score (nSPS) is 16.0. The summed E-state index contributed by atoms with van der Waals surface area (Å²) in [5.41, 5.74) is 1.37. The van der Waals surface area contributed by atoms with Crippen molar-refractivity contribution in [3.05, 3.63) is 34.0 Å². The summed E-state index contributed by atoms with van der Waals surface area (Å²) >= 11 is 11.6. The average molecular weight is 443 g/mol. The van der Waals surface area contributed by atoms with Crippen LogP contribution in [0.25, 0.3) is 0 Å². The van der Waals surface area contributed by atoms with Gasteiger partial charge in [-0.3, -0.25) is 0 Å². The molecule has 158 valence electrons. The predicted octanol–water partition coefficient (Wildman–Crippen LogP) is 2.95. The maximum Gasteiger partial charge on any atom is 0.341 e. The second-order valence-electron chi connectivity index (χ2n) is 6.10. The van der Waals surface area contributed by atoms with E-state index >= 15 is 0 Å². The van der Waals surface area contributed by atoms with Crippen molar-refractivity contribution < 1.29 is 28.9 Å². The quantitative estimate of drug-likeness (QED) is 0.393. The number of thiocarbonyl (C=S) groups is 1. The molecule has 3 N–H and O–H groups in total. The number of rotatable bonds is 9. The first-order chi connectivity index (χ1) is 13.8. The Morgan fingerprint density at radius 3 is 2.62 bits per heavy atom. The molecule has 1 aromatic rings. The van der Waals surface area contributed by atoms with Crippen molar-refractivity contribution in [3.8, 4) is 11.5 Å². The third-order valence-corrected chi connectivity index (χ3v) is 4.51. The summed E-state index contributed by atoms with van der Waals surface area (Å²) in [5, 5.41) is 15.7. The highest BCUT2D eigenvalue weighted by atomic mass is 35.5. The number of hydrogen-bond donors (Lipinski definition) is 3. The molecule has 1 aromatic carbocycles. The van der Waals surface area contributed by atoms with Crippen molar-refractivity contribution in [1.29, 1.82) is 0 Å². The van der Waals surface area contributed by atoms with Crippen LogP contribution in [-0.2, 0) is 14.3 Å². The first kappa shape index (κ1) is 22.8. The number of nitrogens with one attached hydrogen (secondary N) is 2. The highest BCUT2D eigenvalue weighted by molar-refractivity contribution is 7.80. The van der Waals surface area contributed by atoms with E-state index < -0.39 is 24.6 Å². The summed E-state index contributed by atoms with van der Waals surface area (Å²) in [6.07, 6.45) is 1.33. The van der Waals surface area contributed by atoms with Gasteiger partial charge in [-0.15, -0.1) is 0 Å². The SMILES string of the molecule is CCCC1=C(C(=O)OCC)[C@@H](c2cc(Cl)cc(OC)c2OCC(=O)O)NC(=S)N1. The van der Waals surface area contributed by atoms with Gasteiger partial charge in [0.05, 0.1) is 25.3 Å². The Labute approximate surface area is 179 Å². The van der Waals surface area contributed by atoms with E-state index in [-0.39, 0.29) is 18.1 Å². The number of carboxylic acid groups (broad SMARTS) is 1. The van der Waals surface area contributed by atoms with Gasteiger partial charge in [0.2, 0.25) is 0 Å². The van der Waals surface area contributed by atoms with Crippen molar-refractivity contribution in [1.82, 2.24) is 10.6 Å². The Hall–Kier alpha value is -2.52. The van der Waals surface area contributed by atoms with Crippen LogP contribution in [0.4, 0.5) is 0 Å². The van der Waals surface area contributed by atoms with Gasteiger partial charge in [0.15, 0.2) is 23.2 Å². The predicted molar refractivity (Wildman–Crippen MR) is 111 cm³/mol. The highest BCUT2D eigenvalue weighted by Gasteiger charge is 2.35. The van der Waals surface area contributed by atoms with Gasteiger partial charge in [0, 0.05) is 22.3 Å². The van der Waals surface area contributed by atoms with E-state index in [9.17, 15) is 9.59 Å². The molecule has 10 heteroatoms. The van der Waals surface area contributed by atoms with Crippen molar-refractivity contribution >= 4 is 40.9 Å². The van der Waals surface area contributed by atoms with Gasteiger partial charge in [0.25, 0.3) is 0 Å². The van der Waals surface area contributed by atoms with Crippen LogP contribution in [0.2, 0.25) is 5.02 Å². The molecule has 29 heavy (non-hydrogen) atoms. The van der Waals surface area contributed by atoms with E-state index in [1.54, 1.807) is 13.0 Å². The summed E-state index contributed by atoms with van der Waals surface area (Å²) in [6.45, 7) is 3.28. The fourth-order valence-corrected chi connectivity index (χ4v) is 3.45. The number of aliphatic carboxylic acids is 1. The fourth-order valence-electron chi connectivity index (χ4n) is 2.99. The molecule has 0 fully saturated rings. The van der Waals surface area contributed by atoms with Crippen LogP contribution in [-0.4, -0.2) is 42.5 Å². The third-order valence-electron chi connectivity index (χ3n) is 4.07. The molecular formula is C19H23ClN2O6S. The number of methoxy groups -OCH3 is 1. The number of esters is 1. The lowest BCUT2D eigenvalue weighted by atomic mass is 9.93. The molecule has 1 heterocycles. The Bertz CT molecular complexity index is 842. The van der Waals surface area contributed by atoms with Crippen LogP contribution < -0.4 is 20.1 Å². The molecule has 0 unspecified atom stereocenters. The van der Waals surface area contributed by atoms with Gasteiger partial charge in [-0.05, 0) is 31.6 Å². The van der Waals surface area contributed by atoms with E-state index in [1.165, 1.54) is 13.2 Å². The lowest BCUT2D eigenvalue weighted by molar-refractivity contribution is -0.140. The zero-order valence-electron chi connectivity index (χ0n) is 16.3. The topological polar surface area (TPSA) is 106 Å². The van der Waals surface area contributed by atoms with Crippen molar-refractivity contribution in [2.24, 2.45) is 0 Å². The van der Waals surface area contributed by atoms with Crippen LogP contribution in [0.3, 0.4) is 0 Å². The number of ether oxygens (including phenoxy) is 3. The van der Waals surface area contributed by atoms with Gasteiger partial charge in [0.1, 0.15) is 0 Å². The van der Waals surface area contributed by atoms with Crippen LogP contribution in [0.1, 0.15) is 38.3 Å². The molecule has 0 saturated carbocycles. The number of carbonyl (C=O) groups excluding carboxylic acids is 1. The largest absolute Gasteiger partial charge is 0.493 e. The minimum Gasteiger partial charge on any atom is -0.493 e. The number of carboxylic acids is 1. The lowest BCUT2D eigenvalue weighted by Gasteiger charge is -2.32. The molecule has 0 aliphatic carbocycles. The van der Waals surface area contributed by atoms with Crippen molar-refractivity contribution in [2.75, 3.05) is 20.3 Å². The Morgan fingerprint density at radius 2 is 2.03 bits per heavy atom. The molecule has 1 atom stereocenters. The van der Waals surface area contributed by atoms with Gasteiger partial charge < -0.3 is 30.0 Å². The van der Waals surface area contributed by atoms with Gasteiger partial charge in [-0.2, -0.15) is 0 Å². The van der Waals surface area contributed by atoms with E-state index in [2.05, 4.69) is 10.6 Å². The van der Waals surface area contributed by atoms with E-state index in [0.717, 1.165) is 6.42 Å². The number of hydrogen-bond acceptors (Lipinski definition) is 6. The summed E-state index contributed by atoms with van der Waals surface area (Å²) < 4.78 is 16.1. The summed E-state index contributed by atoms with van der Waals surface area (Å²) in [5.74, 6) is -1.29.